The first-order valence-electron chi connectivity index (χ1n) is 18.9. The minimum Gasteiger partial charge on any atom is -0.395 e. The first kappa shape index (κ1) is 38.9. The molecule has 0 fully saturated rings. The molecule has 1 unspecified atom stereocenters. The van der Waals surface area contributed by atoms with Gasteiger partial charge in [-0.1, -0.05) is 84.9 Å². The number of allylic oxidation sites excluding steroid dienone is 4. The molecule has 0 heterocycles. The third-order valence-corrected chi connectivity index (χ3v) is 10.1. The summed E-state index contributed by atoms with van der Waals surface area (Å²) in [5.41, 5.74) is 12.6. The van der Waals surface area contributed by atoms with Gasteiger partial charge in [0.25, 0.3) is 0 Å². The molecule has 3 N–H and O–H groups in total. The molecule has 5 rings (SSSR count). The predicted molar refractivity (Wildman–Crippen MR) is 218 cm³/mol. The number of carbonyl (C=O) groups excluding carboxylic acids is 2. The van der Waals surface area contributed by atoms with Crippen molar-refractivity contribution in [1.82, 2.24) is 10.6 Å². The Hall–Kier alpha value is -5.27. The van der Waals surface area contributed by atoms with Crippen molar-refractivity contribution in [2.24, 2.45) is 0 Å². The van der Waals surface area contributed by atoms with Crippen LogP contribution in [0.1, 0.15) is 73.8 Å². The van der Waals surface area contributed by atoms with E-state index in [2.05, 4.69) is 140 Å². The molecule has 0 aliphatic heterocycles. The summed E-state index contributed by atoms with van der Waals surface area (Å²) in [4.78, 5) is 27.7. The van der Waals surface area contributed by atoms with Gasteiger partial charge in [0.2, 0.25) is 17.5 Å². The van der Waals surface area contributed by atoms with Crippen LogP contribution in [0.4, 0.5) is 11.4 Å². The van der Waals surface area contributed by atoms with Crippen molar-refractivity contribution >= 4 is 28.9 Å². The molecule has 0 aromatic heterocycles. The van der Waals surface area contributed by atoms with Crippen molar-refractivity contribution in [3.05, 3.63) is 143 Å². The number of amides is 2. The zero-order valence-electron chi connectivity index (χ0n) is 32.0. The summed E-state index contributed by atoms with van der Waals surface area (Å²) in [7, 11) is 0. The summed E-state index contributed by atoms with van der Waals surface area (Å²) in [5, 5.41) is 16.0. The molecule has 1 aliphatic carbocycles. The van der Waals surface area contributed by atoms with E-state index in [4.69, 9.17) is 0 Å². The number of fused-ring (bicyclic) bond motifs is 3. The second-order valence-corrected chi connectivity index (χ2v) is 13.9. The molecule has 7 heteroatoms. The second kappa shape index (κ2) is 19.0. The summed E-state index contributed by atoms with van der Waals surface area (Å²) < 4.78 is 2.34. The fraction of sp³-hybridized carbons (Fsp3) is 0.326. The largest absolute Gasteiger partial charge is 0.395 e. The topological polar surface area (TPSA) is 84.7 Å². The molecule has 7 nitrogen and oxygen atoms in total. The van der Waals surface area contributed by atoms with Gasteiger partial charge in [0.05, 0.1) is 13.0 Å². The van der Waals surface area contributed by atoms with Crippen LogP contribution >= 0.6 is 0 Å². The van der Waals surface area contributed by atoms with E-state index in [0.29, 0.717) is 19.5 Å². The average molecular weight is 712 g/mol. The number of hydrogen-bond donors (Lipinski definition) is 3. The quantitative estimate of drug-likeness (QED) is 0.0447. The second-order valence-electron chi connectivity index (χ2n) is 13.9. The highest BCUT2D eigenvalue weighted by atomic mass is 16.3. The maximum Gasteiger partial charge on any atom is 0.224 e. The number of aliphatic hydroxyl groups excluding tert-OH is 1. The minimum absolute atomic E-state index is 0.00901. The minimum atomic E-state index is -0.0909. The Labute approximate surface area is 315 Å². The lowest BCUT2D eigenvalue weighted by Crippen LogP contribution is -2.35. The van der Waals surface area contributed by atoms with E-state index in [-0.39, 0.29) is 30.8 Å². The van der Waals surface area contributed by atoms with Gasteiger partial charge in [0.15, 0.2) is 5.71 Å². The van der Waals surface area contributed by atoms with Gasteiger partial charge >= 0.3 is 0 Å². The highest BCUT2D eigenvalue weighted by molar-refractivity contribution is 5.89. The molecule has 4 aromatic carbocycles. The Morgan fingerprint density at radius 2 is 1.49 bits per heavy atom. The lowest BCUT2D eigenvalue weighted by atomic mass is 9.96. The first-order valence-corrected chi connectivity index (χ1v) is 18.9. The van der Waals surface area contributed by atoms with Crippen LogP contribution in [0.3, 0.4) is 0 Å². The van der Waals surface area contributed by atoms with Crippen LogP contribution < -0.4 is 15.5 Å². The van der Waals surface area contributed by atoms with Gasteiger partial charge in [-0.3, -0.25) is 9.59 Å². The maximum absolute atomic E-state index is 12.7. The molecule has 0 saturated heterocycles. The number of carbonyl (C=O) groups is 2. The fourth-order valence-corrected chi connectivity index (χ4v) is 7.30. The SMILES string of the molecule is CCN(C(C)=CC=CC(C)=[N+](CCCCC(=O)NCCNC(=O)Cc1ccc2c(c1)C(CO)c1ccccc1-2)c1ccccc1C)c1ccccc1C. The Morgan fingerprint density at radius 1 is 0.811 bits per heavy atom. The molecule has 2 amide bonds. The summed E-state index contributed by atoms with van der Waals surface area (Å²) >= 11 is 0. The average Bonchev–Trinajstić information content (AvgIpc) is 3.47. The van der Waals surface area contributed by atoms with Crippen molar-refractivity contribution in [3.63, 3.8) is 0 Å². The predicted octanol–water partition coefficient (Wildman–Crippen LogP) is 8.14. The molecular weight excluding hydrogens is 657 g/mol. The first-order chi connectivity index (χ1) is 25.7. The third-order valence-electron chi connectivity index (χ3n) is 10.1. The van der Waals surface area contributed by atoms with Crippen LogP contribution in [-0.2, 0) is 16.0 Å². The number of para-hydroxylation sites is 2. The zero-order valence-corrected chi connectivity index (χ0v) is 32.0. The van der Waals surface area contributed by atoms with Gasteiger partial charge in [-0.25, -0.2) is 0 Å². The highest BCUT2D eigenvalue weighted by Crippen LogP contribution is 2.44. The van der Waals surface area contributed by atoms with Crippen molar-refractivity contribution in [2.75, 3.05) is 37.7 Å². The van der Waals surface area contributed by atoms with E-state index >= 15 is 0 Å². The van der Waals surface area contributed by atoms with Crippen LogP contribution in [0.15, 0.2) is 115 Å². The molecule has 0 bridgehead atoms. The summed E-state index contributed by atoms with van der Waals surface area (Å²) in [6, 6.07) is 31.1. The van der Waals surface area contributed by atoms with E-state index in [1.165, 1.54) is 28.2 Å². The van der Waals surface area contributed by atoms with E-state index in [0.717, 1.165) is 59.5 Å². The standard InChI is InChI=1S/C46H54N4O3/c1-6-49(43-22-11-7-16-33(43)2)35(4)18-15-19-36(5)50(44-23-12-8-17-34(44)3)29-14-13-24-45(52)47-27-28-48-46(53)31-37-25-26-40-38-20-9-10-21-39(38)42(32-51)41(40)30-37/h7-12,15-23,25-26,30,42,51H,6,13-14,24,27-29,31-32H2,1-5H3,(H-,47,48,52,53)/p+1. The number of anilines is 1. The van der Waals surface area contributed by atoms with Crippen LogP contribution in [0.2, 0.25) is 0 Å². The van der Waals surface area contributed by atoms with Crippen molar-refractivity contribution in [2.45, 2.75) is 66.2 Å². The van der Waals surface area contributed by atoms with Crippen molar-refractivity contribution in [3.8, 4) is 11.1 Å². The molecule has 53 heavy (non-hydrogen) atoms. The molecule has 1 atom stereocenters. The van der Waals surface area contributed by atoms with E-state index in [1.54, 1.807) is 0 Å². The molecule has 1 aliphatic rings. The van der Waals surface area contributed by atoms with Crippen LogP contribution in [-0.4, -0.2) is 60.0 Å². The van der Waals surface area contributed by atoms with E-state index in [1.807, 2.05) is 24.3 Å². The smallest absolute Gasteiger partial charge is 0.224 e. The number of nitrogens with zero attached hydrogens (tertiary/aromatic N) is 2. The van der Waals surface area contributed by atoms with Gasteiger partial charge in [0.1, 0.15) is 6.54 Å². The Kier molecular flexibility index (Phi) is 14.0. The van der Waals surface area contributed by atoms with E-state index < -0.39 is 0 Å². The van der Waals surface area contributed by atoms with Gasteiger partial charge < -0.3 is 20.6 Å². The van der Waals surface area contributed by atoms with Crippen LogP contribution in [0, 0.1) is 13.8 Å². The molecular formula is C46H55N4O3+. The van der Waals surface area contributed by atoms with Crippen LogP contribution in [0.25, 0.3) is 11.1 Å². The number of unbranched alkanes of at least 4 members (excludes halogenated alkanes) is 1. The maximum atomic E-state index is 12.7. The van der Waals surface area contributed by atoms with Gasteiger partial charge in [-0.15, -0.1) is 0 Å². The van der Waals surface area contributed by atoms with E-state index in [9.17, 15) is 14.7 Å². The van der Waals surface area contributed by atoms with Crippen LogP contribution in [0.5, 0.6) is 0 Å². The molecule has 4 aromatic rings. The zero-order chi connectivity index (χ0) is 37.7. The van der Waals surface area contributed by atoms with Gasteiger partial charge in [-0.05, 0) is 79.6 Å². The molecule has 276 valence electrons. The lowest BCUT2D eigenvalue weighted by Gasteiger charge is -2.25. The number of benzene rings is 4. The Bertz CT molecular complexity index is 1990. The number of nitrogens with one attached hydrogen (secondary N) is 2. The molecule has 0 spiro atoms. The summed E-state index contributed by atoms with van der Waals surface area (Å²) in [6.07, 6.45) is 8.76. The number of aliphatic hydroxyl groups is 1. The summed E-state index contributed by atoms with van der Waals surface area (Å²) in [5.74, 6) is -0.167. The normalized spacial score (nSPS) is 14.1. The van der Waals surface area contributed by atoms with Gasteiger partial charge in [0, 0.05) is 74.4 Å². The lowest BCUT2D eigenvalue weighted by molar-refractivity contribution is -0.441. The Morgan fingerprint density at radius 3 is 2.23 bits per heavy atom. The monoisotopic (exact) mass is 711 g/mol. The number of aryl methyl sites for hydroxylation is 2. The Balaban J connectivity index is 1.08. The van der Waals surface area contributed by atoms with Crippen molar-refractivity contribution < 1.29 is 19.3 Å². The number of rotatable bonds is 17. The molecule has 0 saturated carbocycles. The van der Waals surface area contributed by atoms with Gasteiger partial charge in [-0.2, -0.15) is 4.58 Å². The highest BCUT2D eigenvalue weighted by Gasteiger charge is 2.28. The summed E-state index contributed by atoms with van der Waals surface area (Å²) in [6.45, 7) is 13.2. The molecule has 0 radical (unpaired) electrons. The number of hydrogen-bond acceptors (Lipinski definition) is 4. The third kappa shape index (κ3) is 9.99. The van der Waals surface area contributed by atoms with Crippen molar-refractivity contribution in [1.29, 1.82) is 0 Å². The fourth-order valence-electron chi connectivity index (χ4n) is 7.30.